The van der Waals surface area contributed by atoms with Crippen LogP contribution in [0.3, 0.4) is 0 Å². The second-order valence-electron chi connectivity index (χ2n) is 7.21. The van der Waals surface area contributed by atoms with Crippen LogP contribution in [-0.4, -0.2) is 35.1 Å². The van der Waals surface area contributed by atoms with Crippen molar-refractivity contribution in [1.82, 2.24) is 9.97 Å². The standard InChI is InChI=1S/C16H21F2N3O/c1-11-2-4-12(5-3-11)22-13-6-7-19-14(20-13)21-9-15(10-21)8-16(15,17)18/h6-7,11-12H,2-5,8-10H2,1H3. The molecule has 4 rings (SSSR count). The molecule has 0 bridgehead atoms. The van der Waals surface area contributed by atoms with Crippen molar-refractivity contribution in [2.75, 3.05) is 18.0 Å². The van der Waals surface area contributed by atoms with Crippen LogP contribution >= 0.6 is 0 Å². The number of ether oxygens (including phenoxy) is 1. The zero-order valence-corrected chi connectivity index (χ0v) is 12.8. The molecule has 0 radical (unpaired) electrons. The highest BCUT2D eigenvalue weighted by molar-refractivity contribution is 5.42. The van der Waals surface area contributed by atoms with E-state index in [1.54, 1.807) is 12.3 Å². The first kappa shape index (κ1) is 14.2. The van der Waals surface area contributed by atoms with Gasteiger partial charge in [0.05, 0.1) is 5.41 Å². The van der Waals surface area contributed by atoms with E-state index in [2.05, 4.69) is 16.9 Å². The van der Waals surface area contributed by atoms with Gasteiger partial charge in [-0.1, -0.05) is 6.92 Å². The first-order chi connectivity index (χ1) is 10.5. The summed E-state index contributed by atoms with van der Waals surface area (Å²) in [5.41, 5.74) is -0.799. The summed E-state index contributed by atoms with van der Waals surface area (Å²) in [4.78, 5) is 10.4. The smallest absolute Gasteiger partial charge is 0.258 e. The molecule has 2 aliphatic carbocycles. The Morgan fingerprint density at radius 2 is 1.91 bits per heavy atom. The lowest BCUT2D eigenvalue weighted by molar-refractivity contribution is 0.0515. The molecule has 0 atom stereocenters. The Morgan fingerprint density at radius 1 is 1.23 bits per heavy atom. The molecule has 3 fully saturated rings. The molecule has 0 amide bonds. The molecular weight excluding hydrogens is 288 g/mol. The predicted molar refractivity (Wildman–Crippen MR) is 78.3 cm³/mol. The monoisotopic (exact) mass is 309 g/mol. The van der Waals surface area contributed by atoms with Crippen LogP contribution in [0.25, 0.3) is 0 Å². The summed E-state index contributed by atoms with van der Waals surface area (Å²) >= 11 is 0. The number of rotatable bonds is 3. The van der Waals surface area contributed by atoms with Gasteiger partial charge in [0.1, 0.15) is 6.10 Å². The third-order valence-corrected chi connectivity index (χ3v) is 5.35. The molecule has 4 nitrogen and oxygen atoms in total. The van der Waals surface area contributed by atoms with E-state index in [9.17, 15) is 8.78 Å². The summed E-state index contributed by atoms with van der Waals surface area (Å²) in [6, 6.07) is 1.75. The highest BCUT2D eigenvalue weighted by Crippen LogP contribution is 2.65. The van der Waals surface area contributed by atoms with Crippen LogP contribution in [0.1, 0.15) is 39.0 Å². The van der Waals surface area contributed by atoms with Crippen molar-refractivity contribution in [2.45, 2.75) is 51.1 Å². The van der Waals surface area contributed by atoms with Crippen LogP contribution in [0.2, 0.25) is 0 Å². The maximum atomic E-state index is 13.2. The summed E-state index contributed by atoms with van der Waals surface area (Å²) in [6.45, 7) is 2.97. The SMILES string of the molecule is CC1CCC(Oc2ccnc(N3CC4(C3)CC4(F)F)n2)CC1. The number of anilines is 1. The fourth-order valence-corrected chi connectivity index (χ4v) is 3.62. The van der Waals surface area contributed by atoms with E-state index in [-0.39, 0.29) is 12.5 Å². The molecule has 22 heavy (non-hydrogen) atoms. The second kappa shape index (κ2) is 4.77. The van der Waals surface area contributed by atoms with Crippen molar-refractivity contribution < 1.29 is 13.5 Å². The normalized spacial score (nSPS) is 31.7. The largest absolute Gasteiger partial charge is 0.474 e. The number of hydrogen-bond donors (Lipinski definition) is 0. The van der Waals surface area contributed by atoms with Gasteiger partial charge >= 0.3 is 0 Å². The van der Waals surface area contributed by atoms with Gasteiger partial charge in [0, 0.05) is 31.8 Å². The van der Waals surface area contributed by atoms with Crippen LogP contribution in [0.5, 0.6) is 5.88 Å². The van der Waals surface area contributed by atoms with E-state index < -0.39 is 11.3 Å². The Labute approximate surface area is 128 Å². The summed E-state index contributed by atoms with van der Waals surface area (Å²) < 4.78 is 32.4. The molecule has 0 unspecified atom stereocenters. The quantitative estimate of drug-likeness (QED) is 0.859. The molecule has 1 saturated heterocycles. The average Bonchev–Trinajstić information content (AvgIpc) is 3.03. The van der Waals surface area contributed by atoms with Crippen LogP contribution in [0.4, 0.5) is 14.7 Å². The zero-order valence-electron chi connectivity index (χ0n) is 12.8. The number of aromatic nitrogens is 2. The molecule has 0 N–H and O–H groups in total. The van der Waals surface area contributed by atoms with Gasteiger partial charge in [-0.2, -0.15) is 4.98 Å². The molecule has 2 heterocycles. The topological polar surface area (TPSA) is 38.2 Å². The molecule has 1 aliphatic heterocycles. The average molecular weight is 309 g/mol. The Hall–Kier alpha value is -1.46. The van der Waals surface area contributed by atoms with Gasteiger partial charge in [0.2, 0.25) is 11.8 Å². The van der Waals surface area contributed by atoms with Crippen molar-refractivity contribution in [2.24, 2.45) is 11.3 Å². The van der Waals surface area contributed by atoms with Crippen LogP contribution in [0.15, 0.2) is 12.3 Å². The van der Waals surface area contributed by atoms with Crippen molar-refractivity contribution in [3.63, 3.8) is 0 Å². The first-order valence-electron chi connectivity index (χ1n) is 8.10. The Bertz CT molecular complexity index is 566. The fourth-order valence-electron chi connectivity index (χ4n) is 3.62. The van der Waals surface area contributed by atoms with E-state index >= 15 is 0 Å². The molecule has 1 aromatic rings. The van der Waals surface area contributed by atoms with Gasteiger partial charge in [-0.05, 0) is 31.6 Å². The summed E-state index contributed by atoms with van der Waals surface area (Å²) in [5, 5.41) is 0. The van der Waals surface area contributed by atoms with Gasteiger partial charge in [0.25, 0.3) is 5.92 Å². The Balaban J connectivity index is 1.37. The second-order valence-corrected chi connectivity index (χ2v) is 7.21. The molecule has 2 saturated carbocycles. The number of alkyl halides is 2. The van der Waals surface area contributed by atoms with E-state index in [1.165, 1.54) is 12.8 Å². The Morgan fingerprint density at radius 3 is 2.55 bits per heavy atom. The van der Waals surface area contributed by atoms with E-state index in [0.29, 0.717) is 24.9 Å². The van der Waals surface area contributed by atoms with Gasteiger partial charge in [-0.25, -0.2) is 13.8 Å². The highest BCUT2D eigenvalue weighted by Gasteiger charge is 2.76. The zero-order chi connectivity index (χ0) is 15.4. The van der Waals surface area contributed by atoms with Crippen molar-refractivity contribution in [3.8, 4) is 5.88 Å². The third kappa shape index (κ3) is 2.32. The van der Waals surface area contributed by atoms with Crippen LogP contribution in [0, 0.1) is 11.3 Å². The predicted octanol–water partition coefficient (Wildman–Crippen LogP) is 3.28. The van der Waals surface area contributed by atoms with E-state index in [1.807, 2.05) is 4.90 Å². The minimum Gasteiger partial charge on any atom is -0.474 e. The van der Waals surface area contributed by atoms with Crippen molar-refractivity contribution >= 4 is 5.95 Å². The molecule has 1 spiro atoms. The number of nitrogens with zero attached hydrogens (tertiary/aromatic N) is 3. The maximum absolute atomic E-state index is 13.2. The van der Waals surface area contributed by atoms with Crippen LogP contribution in [-0.2, 0) is 0 Å². The molecule has 3 aliphatic rings. The summed E-state index contributed by atoms with van der Waals surface area (Å²) in [5.74, 6) is -0.641. The lowest BCUT2D eigenvalue weighted by atomic mass is 9.89. The third-order valence-electron chi connectivity index (χ3n) is 5.35. The number of hydrogen-bond acceptors (Lipinski definition) is 4. The van der Waals surface area contributed by atoms with Gasteiger partial charge in [0.15, 0.2) is 0 Å². The summed E-state index contributed by atoms with van der Waals surface area (Å²) in [7, 11) is 0. The maximum Gasteiger partial charge on any atom is 0.258 e. The van der Waals surface area contributed by atoms with E-state index in [4.69, 9.17) is 4.74 Å². The lowest BCUT2D eigenvalue weighted by Gasteiger charge is -2.39. The van der Waals surface area contributed by atoms with E-state index in [0.717, 1.165) is 18.8 Å². The van der Waals surface area contributed by atoms with Crippen molar-refractivity contribution in [1.29, 1.82) is 0 Å². The number of halogens is 2. The van der Waals surface area contributed by atoms with Gasteiger partial charge < -0.3 is 9.64 Å². The van der Waals surface area contributed by atoms with Crippen LogP contribution < -0.4 is 9.64 Å². The molecule has 0 aromatic carbocycles. The van der Waals surface area contributed by atoms with Gasteiger partial charge in [-0.15, -0.1) is 0 Å². The fraction of sp³-hybridized carbons (Fsp3) is 0.750. The lowest BCUT2D eigenvalue weighted by Crippen LogP contribution is -2.52. The molecular formula is C16H21F2N3O. The minimum absolute atomic E-state index is 0.00689. The molecule has 1 aromatic heterocycles. The van der Waals surface area contributed by atoms with Gasteiger partial charge in [-0.3, -0.25) is 0 Å². The first-order valence-corrected chi connectivity index (χ1v) is 8.10. The summed E-state index contributed by atoms with van der Waals surface area (Å²) in [6.07, 6.45) is 6.36. The molecule has 120 valence electrons. The van der Waals surface area contributed by atoms with Crippen molar-refractivity contribution in [3.05, 3.63) is 12.3 Å². The highest BCUT2D eigenvalue weighted by atomic mass is 19.3. The Kier molecular flexibility index (Phi) is 3.07. The minimum atomic E-state index is -2.49. The molecule has 6 heteroatoms.